The number of nitrogens with zero attached hydrogens (tertiary/aromatic N) is 2. The summed E-state index contributed by atoms with van der Waals surface area (Å²) >= 11 is 0. The van der Waals surface area contributed by atoms with Crippen LogP contribution in [0.25, 0.3) is 0 Å². The molecule has 1 atom stereocenters. The second-order valence-electron chi connectivity index (χ2n) is 7.87. The van der Waals surface area contributed by atoms with Gasteiger partial charge in [0, 0.05) is 32.1 Å². The maximum atomic E-state index is 12.0. The number of nitrogens with one attached hydrogen (secondary N) is 2. The van der Waals surface area contributed by atoms with Gasteiger partial charge in [-0.25, -0.2) is 4.99 Å². The summed E-state index contributed by atoms with van der Waals surface area (Å²) in [6.45, 7) is 7.46. The molecular weight excluding hydrogens is 531 g/mol. The first-order valence-corrected chi connectivity index (χ1v) is 11.3. The second-order valence-corrected chi connectivity index (χ2v) is 7.87. The molecule has 1 heterocycles. The van der Waals surface area contributed by atoms with Crippen LogP contribution in [0.15, 0.2) is 53.5 Å². The zero-order valence-corrected chi connectivity index (χ0v) is 22.0. The van der Waals surface area contributed by atoms with Gasteiger partial charge in [-0.15, -0.1) is 24.0 Å². The maximum Gasteiger partial charge on any atom is 0.222 e. The second kappa shape index (κ2) is 13.9. The zero-order valence-electron chi connectivity index (χ0n) is 19.7. The number of aliphatic imine (C=N–C) groups is 1. The van der Waals surface area contributed by atoms with Crippen molar-refractivity contribution >= 4 is 35.8 Å². The molecule has 1 unspecified atom stereocenters. The number of likely N-dealkylation sites (tertiary alicyclic amines) is 1. The lowest BCUT2D eigenvalue weighted by atomic mass is 10.1. The van der Waals surface area contributed by atoms with E-state index in [1.54, 1.807) is 7.11 Å². The van der Waals surface area contributed by atoms with E-state index in [1.165, 1.54) is 0 Å². The number of guanidine groups is 1. The van der Waals surface area contributed by atoms with Crippen molar-refractivity contribution < 1.29 is 14.3 Å². The predicted molar refractivity (Wildman–Crippen MR) is 142 cm³/mol. The normalized spacial score (nSPS) is 14.5. The summed E-state index contributed by atoms with van der Waals surface area (Å²) in [7, 11) is 1.64. The Morgan fingerprint density at radius 2 is 1.88 bits per heavy atom. The summed E-state index contributed by atoms with van der Waals surface area (Å²) in [6, 6.07) is 15.8. The Hall–Kier alpha value is -2.49. The van der Waals surface area contributed by atoms with E-state index < -0.39 is 0 Å². The lowest BCUT2D eigenvalue weighted by Crippen LogP contribution is -2.41. The summed E-state index contributed by atoms with van der Waals surface area (Å²) in [5, 5.41) is 6.65. The van der Waals surface area contributed by atoms with Crippen molar-refractivity contribution in [1.29, 1.82) is 0 Å². The molecule has 3 rings (SSSR count). The molecule has 2 N–H and O–H groups in total. The highest BCUT2D eigenvalue weighted by Crippen LogP contribution is 2.20. The van der Waals surface area contributed by atoms with Crippen LogP contribution in [-0.2, 0) is 17.9 Å². The summed E-state index contributed by atoms with van der Waals surface area (Å²) in [5.74, 6) is 2.52. The number of carbonyl (C=O) groups is 1. The fraction of sp³-hybridized carbons (Fsp3) is 0.440. The molecule has 0 aromatic heterocycles. The van der Waals surface area contributed by atoms with Crippen molar-refractivity contribution in [3.8, 4) is 11.5 Å². The van der Waals surface area contributed by atoms with Crippen LogP contribution in [0.4, 0.5) is 0 Å². The largest absolute Gasteiger partial charge is 0.497 e. The van der Waals surface area contributed by atoms with E-state index in [2.05, 4.69) is 22.8 Å². The molecule has 0 saturated carbocycles. The SMILES string of the molecule is CCNC(=NCc1ccccc1CN1CCCC1=O)NCC(C)Oc1cccc(OC)c1.I. The number of ether oxygens (including phenoxy) is 2. The zero-order chi connectivity index (χ0) is 22.8. The fourth-order valence-corrected chi connectivity index (χ4v) is 3.64. The number of rotatable bonds is 10. The topological polar surface area (TPSA) is 75.2 Å². The first-order valence-electron chi connectivity index (χ1n) is 11.3. The van der Waals surface area contributed by atoms with Gasteiger partial charge in [0.2, 0.25) is 5.91 Å². The van der Waals surface area contributed by atoms with Crippen molar-refractivity contribution in [2.24, 2.45) is 4.99 Å². The third-order valence-corrected chi connectivity index (χ3v) is 5.34. The summed E-state index contributed by atoms with van der Waals surface area (Å²) < 4.78 is 11.2. The van der Waals surface area contributed by atoms with Crippen molar-refractivity contribution in [3.63, 3.8) is 0 Å². The maximum absolute atomic E-state index is 12.0. The van der Waals surface area contributed by atoms with Gasteiger partial charge < -0.3 is 25.0 Å². The molecular formula is C25H35IN4O3. The highest BCUT2D eigenvalue weighted by atomic mass is 127. The standard InChI is InChI=1S/C25H34N4O3.HI/c1-4-26-25(27-16-19(2)32-23-12-7-11-22(15-23)31-3)28-17-20-9-5-6-10-21(20)18-29-14-8-13-24(29)30;/h5-7,9-12,15,19H,4,8,13-14,16-18H2,1-3H3,(H2,26,27,28);1H. The minimum Gasteiger partial charge on any atom is -0.497 e. The quantitative estimate of drug-likeness (QED) is 0.259. The number of amides is 1. The van der Waals surface area contributed by atoms with Crippen LogP contribution in [-0.4, -0.2) is 49.6 Å². The van der Waals surface area contributed by atoms with Gasteiger partial charge in [0.1, 0.15) is 17.6 Å². The van der Waals surface area contributed by atoms with E-state index in [4.69, 9.17) is 14.5 Å². The number of hydrogen-bond acceptors (Lipinski definition) is 4. The molecule has 2 aromatic rings. The first-order chi connectivity index (χ1) is 15.6. The van der Waals surface area contributed by atoms with E-state index in [0.29, 0.717) is 26.1 Å². The molecule has 1 aliphatic rings. The molecule has 1 aliphatic heterocycles. The van der Waals surface area contributed by atoms with E-state index in [-0.39, 0.29) is 36.0 Å². The molecule has 1 saturated heterocycles. The van der Waals surface area contributed by atoms with Crippen LogP contribution in [0.5, 0.6) is 11.5 Å². The first kappa shape index (κ1) is 26.8. The molecule has 1 fully saturated rings. The van der Waals surface area contributed by atoms with Crippen LogP contribution in [0.1, 0.15) is 37.8 Å². The molecule has 0 radical (unpaired) electrons. The van der Waals surface area contributed by atoms with E-state index in [0.717, 1.165) is 48.1 Å². The van der Waals surface area contributed by atoms with Crippen LogP contribution in [0.2, 0.25) is 0 Å². The molecule has 1 amide bonds. The van der Waals surface area contributed by atoms with E-state index in [1.807, 2.05) is 55.1 Å². The van der Waals surface area contributed by atoms with Gasteiger partial charge in [0.25, 0.3) is 0 Å². The Balaban J connectivity index is 0.00000385. The van der Waals surface area contributed by atoms with Gasteiger partial charge in [0.05, 0.1) is 20.2 Å². The molecule has 0 bridgehead atoms. The van der Waals surface area contributed by atoms with Crippen LogP contribution >= 0.6 is 24.0 Å². The van der Waals surface area contributed by atoms with Crippen LogP contribution < -0.4 is 20.1 Å². The smallest absolute Gasteiger partial charge is 0.222 e. The lowest BCUT2D eigenvalue weighted by Gasteiger charge is -2.19. The van der Waals surface area contributed by atoms with Crippen molar-refractivity contribution in [2.75, 3.05) is 26.7 Å². The number of benzene rings is 2. The lowest BCUT2D eigenvalue weighted by molar-refractivity contribution is -0.128. The monoisotopic (exact) mass is 566 g/mol. The molecule has 7 nitrogen and oxygen atoms in total. The molecule has 8 heteroatoms. The van der Waals surface area contributed by atoms with Gasteiger partial charge in [-0.2, -0.15) is 0 Å². The van der Waals surface area contributed by atoms with Crippen molar-refractivity contribution in [2.45, 2.75) is 45.9 Å². The number of halogens is 1. The Labute approximate surface area is 214 Å². The summed E-state index contributed by atoms with van der Waals surface area (Å²) in [5.41, 5.74) is 2.28. The van der Waals surface area contributed by atoms with Crippen LogP contribution in [0.3, 0.4) is 0 Å². The number of carbonyl (C=O) groups excluding carboxylic acids is 1. The highest BCUT2D eigenvalue weighted by Gasteiger charge is 2.20. The molecule has 0 aliphatic carbocycles. The molecule has 33 heavy (non-hydrogen) atoms. The molecule has 0 spiro atoms. The molecule has 2 aromatic carbocycles. The van der Waals surface area contributed by atoms with Gasteiger partial charge >= 0.3 is 0 Å². The van der Waals surface area contributed by atoms with Crippen molar-refractivity contribution in [3.05, 3.63) is 59.7 Å². The minimum absolute atomic E-state index is 0. The average Bonchev–Trinajstić information content (AvgIpc) is 3.21. The Morgan fingerprint density at radius 3 is 2.58 bits per heavy atom. The van der Waals surface area contributed by atoms with Gasteiger partial charge in [-0.05, 0) is 43.5 Å². The Kier molecular flexibility index (Phi) is 11.3. The summed E-state index contributed by atoms with van der Waals surface area (Å²) in [4.78, 5) is 18.7. The Morgan fingerprint density at radius 1 is 1.12 bits per heavy atom. The van der Waals surface area contributed by atoms with E-state index in [9.17, 15) is 4.79 Å². The number of hydrogen-bond donors (Lipinski definition) is 2. The van der Waals surface area contributed by atoms with Crippen LogP contribution in [0, 0.1) is 0 Å². The highest BCUT2D eigenvalue weighted by molar-refractivity contribution is 14.0. The molecule has 180 valence electrons. The fourth-order valence-electron chi connectivity index (χ4n) is 3.64. The van der Waals surface area contributed by atoms with Gasteiger partial charge in [0.15, 0.2) is 5.96 Å². The minimum atomic E-state index is -0.0561. The van der Waals surface area contributed by atoms with E-state index >= 15 is 0 Å². The van der Waals surface area contributed by atoms with Gasteiger partial charge in [-0.3, -0.25) is 4.79 Å². The average molecular weight is 566 g/mol. The Bertz CT molecular complexity index is 922. The number of methoxy groups -OCH3 is 1. The van der Waals surface area contributed by atoms with Crippen molar-refractivity contribution in [1.82, 2.24) is 15.5 Å². The van der Waals surface area contributed by atoms with Gasteiger partial charge in [-0.1, -0.05) is 30.3 Å². The summed E-state index contributed by atoms with van der Waals surface area (Å²) in [6.07, 6.45) is 1.55. The third kappa shape index (κ3) is 8.42. The third-order valence-electron chi connectivity index (χ3n) is 5.34. The predicted octanol–water partition coefficient (Wildman–Crippen LogP) is 3.96.